The zero-order valence-corrected chi connectivity index (χ0v) is 13.4. The standard InChI is InChI=1S/C12H14Cl2N6S/c13-8-7-9(14)11(17-10(8)18-15)19-2-4-20(5-3-19)12-16-1-6-21-12/h1,6-7H,2-5,15H2,(H,17,18). The number of nitrogen functional groups attached to an aromatic ring is 1. The minimum Gasteiger partial charge on any atom is -0.352 e. The highest BCUT2D eigenvalue weighted by Gasteiger charge is 2.22. The molecule has 0 unspecified atom stereocenters. The molecule has 6 nitrogen and oxygen atoms in total. The number of thiazole rings is 1. The van der Waals surface area contributed by atoms with E-state index in [1.54, 1.807) is 17.4 Å². The quantitative estimate of drug-likeness (QED) is 0.658. The molecule has 3 N–H and O–H groups in total. The molecule has 2 aromatic heterocycles. The molecule has 0 amide bonds. The number of nitrogens with one attached hydrogen (secondary N) is 1. The lowest BCUT2D eigenvalue weighted by atomic mass is 10.3. The van der Waals surface area contributed by atoms with Crippen LogP contribution in [0.5, 0.6) is 0 Å². The van der Waals surface area contributed by atoms with E-state index in [4.69, 9.17) is 29.0 Å². The second kappa shape index (κ2) is 6.23. The van der Waals surface area contributed by atoms with Crippen LogP contribution in [0.1, 0.15) is 0 Å². The van der Waals surface area contributed by atoms with Crippen molar-refractivity contribution in [3.05, 3.63) is 27.7 Å². The Hall–Kier alpha value is -1.28. The monoisotopic (exact) mass is 344 g/mol. The molecule has 3 rings (SSSR count). The lowest BCUT2D eigenvalue weighted by Crippen LogP contribution is -2.47. The van der Waals surface area contributed by atoms with Crippen molar-refractivity contribution in [3.63, 3.8) is 0 Å². The number of hydrogen-bond donors (Lipinski definition) is 2. The van der Waals surface area contributed by atoms with E-state index >= 15 is 0 Å². The van der Waals surface area contributed by atoms with E-state index in [1.165, 1.54) is 0 Å². The number of nitrogens with zero attached hydrogens (tertiary/aromatic N) is 4. The van der Waals surface area contributed by atoms with Crippen molar-refractivity contribution >= 4 is 51.3 Å². The predicted molar refractivity (Wildman–Crippen MR) is 88.6 cm³/mol. The second-order valence-electron chi connectivity index (χ2n) is 4.56. The summed E-state index contributed by atoms with van der Waals surface area (Å²) in [7, 11) is 0. The van der Waals surface area contributed by atoms with E-state index < -0.39 is 0 Å². The van der Waals surface area contributed by atoms with Crippen molar-refractivity contribution in [1.29, 1.82) is 0 Å². The fourth-order valence-corrected chi connectivity index (χ4v) is 3.49. The van der Waals surface area contributed by atoms with E-state index in [2.05, 4.69) is 25.2 Å². The Bertz CT molecular complexity index is 612. The molecule has 0 radical (unpaired) electrons. The Labute approximate surface area is 136 Å². The van der Waals surface area contributed by atoms with Crippen LogP contribution in [-0.2, 0) is 0 Å². The minimum absolute atomic E-state index is 0.410. The molecule has 0 saturated carbocycles. The van der Waals surface area contributed by atoms with Crippen LogP contribution in [0.25, 0.3) is 0 Å². The van der Waals surface area contributed by atoms with Gasteiger partial charge < -0.3 is 15.2 Å². The Morgan fingerprint density at radius 3 is 2.48 bits per heavy atom. The number of aromatic nitrogens is 2. The summed E-state index contributed by atoms with van der Waals surface area (Å²) in [5.41, 5.74) is 2.49. The smallest absolute Gasteiger partial charge is 0.185 e. The molecule has 2 aromatic rings. The number of hydrazine groups is 1. The third-order valence-corrected chi connectivity index (χ3v) is 4.72. The zero-order chi connectivity index (χ0) is 14.8. The van der Waals surface area contributed by atoms with Crippen molar-refractivity contribution in [2.75, 3.05) is 41.4 Å². The van der Waals surface area contributed by atoms with E-state index in [0.717, 1.165) is 31.3 Å². The fraction of sp³-hybridized carbons (Fsp3) is 0.333. The van der Waals surface area contributed by atoms with Crippen molar-refractivity contribution in [3.8, 4) is 0 Å². The summed E-state index contributed by atoms with van der Waals surface area (Å²) < 4.78 is 0. The van der Waals surface area contributed by atoms with Crippen LogP contribution in [-0.4, -0.2) is 36.1 Å². The van der Waals surface area contributed by atoms with Gasteiger partial charge in [0, 0.05) is 37.8 Å². The molecule has 1 aliphatic rings. The van der Waals surface area contributed by atoms with Gasteiger partial charge in [-0.05, 0) is 6.07 Å². The van der Waals surface area contributed by atoms with Gasteiger partial charge >= 0.3 is 0 Å². The average Bonchev–Trinajstić information content (AvgIpc) is 3.02. The maximum Gasteiger partial charge on any atom is 0.185 e. The van der Waals surface area contributed by atoms with Crippen molar-refractivity contribution in [2.45, 2.75) is 0 Å². The SMILES string of the molecule is NNc1nc(N2CCN(c3nccs3)CC2)c(Cl)cc1Cl. The first kappa shape index (κ1) is 14.6. The number of rotatable bonds is 3. The summed E-state index contributed by atoms with van der Waals surface area (Å²) in [6, 6.07) is 1.66. The van der Waals surface area contributed by atoms with Gasteiger partial charge in [0.25, 0.3) is 0 Å². The Kier molecular flexibility index (Phi) is 4.34. The van der Waals surface area contributed by atoms with E-state index in [9.17, 15) is 0 Å². The zero-order valence-electron chi connectivity index (χ0n) is 11.1. The van der Waals surface area contributed by atoms with Crippen LogP contribution >= 0.6 is 34.5 Å². The predicted octanol–water partition coefficient (Wildman–Crippen LogP) is 2.46. The molecule has 0 aromatic carbocycles. The van der Waals surface area contributed by atoms with Gasteiger partial charge in [-0.25, -0.2) is 15.8 Å². The summed E-state index contributed by atoms with van der Waals surface area (Å²) in [4.78, 5) is 13.1. The number of anilines is 3. The van der Waals surface area contributed by atoms with Crippen molar-refractivity contribution in [1.82, 2.24) is 9.97 Å². The molecule has 21 heavy (non-hydrogen) atoms. The highest BCUT2D eigenvalue weighted by molar-refractivity contribution is 7.13. The molecule has 0 aliphatic carbocycles. The largest absolute Gasteiger partial charge is 0.352 e. The molecule has 0 spiro atoms. The number of pyridine rings is 1. The Morgan fingerprint density at radius 2 is 1.86 bits per heavy atom. The van der Waals surface area contributed by atoms with Crippen molar-refractivity contribution < 1.29 is 0 Å². The number of halogens is 2. The summed E-state index contributed by atoms with van der Waals surface area (Å²) >= 11 is 13.9. The maximum absolute atomic E-state index is 6.25. The molecular weight excluding hydrogens is 331 g/mol. The summed E-state index contributed by atoms with van der Waals surface area (Å²) in [5.74, 6) is 6.54. The van der Waals surface area contributed by atoms with Gasteiger partial charge in [-0.1, -0.05) is 23.2 Å². The molecular formula is C12H14Cl2N6S. The van der Waals surface area contributed by atoms with Gasteiger partial charge in [-0.15, -0.1) is 11.3 Å². The highest BCUT2D eigenvalue weighted by atomic mass is 35.5. The first-order chi connectivity index (χ1) is 10.2. The number of piperazine rings is 1. The van der Waals surface area contributed by atoms with Crippen LogP contribution in [0.15, 0.2) is 17.6 Å². The number of nitrogens with two attached hydrogens (primary N) is 1. The normalized spacial score (nSPS) is 15.4. The Morgan fingerprint density at radius 1 is 1.14 bits per heavy atom. The van der Waals surface area contributed by atoms with Gasteiger partial charge in [0.1, 0.15) is 5.82 Å². The van der Waals surface area contributed by atoms with Crippen LogP contribution in [0, 0.1) is 0 Å². The molecule has 0 bridgehead atoms. The van der Waals surface area contributed by atoms with Crippen LogP contribution in [0.4, 0.5) is 16.8 Å². The first-order valence-corrected chi connectivity index (χ1v) is 8.04. The molecule has 1 saturated heterocycles. The van der Waals surface area contributed by atoms with E-state index in [1.807, 2.05) is 11.6 Å². The summed E-state index contributed by atoms with van der Waals surface area (Å²) in [6.45, 7) is 3.38. The van der Waals surface area contributed by atoms with Crippen LogP contribution in [0.2, 0.25) is 10.0 Å². The lowest BCUT2D eigenvalue weighted by molar-refractivity contribution is 0.646. The topological polar surface area (TPSA) is 70.3 Å². The van der Waals surface area contributed by atoms with Crippen LogP contribution < -0.4 is 21.1 Å². The van der Waals surface area contributed by atoms with Crippen LogP contribution in [0.3, 0.4) is 0 Å². The number of hydrogen-bond acceptors (Lipinski definition) is 7. The summed E-state index contributed by atoms with van der Waals surface area (Å²) in [6.07, 6.45) is 1.82. The molecule has 1 fully saturated rings. The van der Waals surface area contributed by atoms with Gasteiger partial charge in [0.05, 0.1) is 10.0 Å². The van der Waals surface area contributed by atoms with Gasteiger partial charge in [-0.3, -0.25) is 0 Å². The highest BCUT2D eigenvalue weighted by Crippen LogP contribution is 2.32. The Balaban J connectivity index is 1.75. The third kappa shape index (κ3) is 3.01. The minimum atomic E-state index is 0.410. The molecule has 3 heterocycles. The molecule has 0 atom stereocenters. The van der Waals surface area contributed by atoms with E-state index in [-0.39, 0.29) is 0 Å². The maximum atomic E-state index is 6.25. The average molecular weight is 345 g/mol. The van der Waals surface area contributed by atoms with Crippen molar-refractivity contribution in [2.24, 2.45) is 5.84 Å². The molecule has 9 heteroatoms. The second-order valence-corrected chi connectivity index (χ2v) is 6.24. The van der Waals surface area contributed by atoms with E-state index in [0.29, 0.717) is 21.7 Å². The van der Waals surface area contributed by atoms with Gasteiger partial charge in [0.2, 0.25) is 0 Å². The fourth-order valence-electron chi connectivity index (χ4n) is 2.26. The molecule has 1 aliphatic heterocycles. The molecule has 112 valence electrons. The van der Waals surface area contributed by atoms with Gasteiger partial charge in [-0.2, -0.15) is 0 Å². The first-order valence-electron chi connectivity index (χ1n) is 6.41. The van der Waals surface area contributed by atoms with Gasteiger partial charge in [0.15, 0.2) is 10.9 Å². The summed E-state index contributed by atoms with van der Waals surface area (Å²) in [5, 5.41) is 3.97. The lowest BCUT2D eigenvalue weighted by Gasteiger charge is -2.35. The third-order valence-electron chi connectivity index (χ3n) is 3.32.